The number of ether oxygens (including phenoxy) is 1. The van der Waals surface area contributed by atoms with E-state index in [1.807, 2.05) is 0 Å². The number of hydrogen-bond donors (Lipinski definition) is 2. The van der Waals surface area contributed by atoms with Gasteiger partial charge in [0.2, 0.25) is 0 Å². The van der Waals surface area contributed by atoms with Gasteiger partial charge in [-0.15, -0.1) is 0 Å². The Labute approximate surface area is 139 Å². The number of esters is 1. The molecule has 0 atom stereocenters. The van der Waals surface area contributed by atoms with Crippen molar-refractivity contribution < 1.29 is 35.9 Å². The van der Waals surface area contributed by atoms with Gasteiger partial charge in [-0.3, -0.25) is 4.79 Å². The maximum Gasteiger partial charge on any atom is 0.488 e. The second-order valence-electron chi connectivity index (χ2n) is 5.84. The third-order valence-electron chi connectivity index (χ3n) is 2.43. The summed E-state index contributed by atoms with van der Waals surface area (Å²) in [6.07, 6.45) is 0. The van der Waals surface area contributed by atoms with Crippen molar-refractivity contribution in [2.75, 3.05) is 6.54 Å². The number of halogens is 1. The summed E-state index contributed by atoms with van der Waals surface area (Å²) in [7, 11) is -5.28. The number of nitrogens with one attached hydrogen (secondary N) is 1. The SMILES string of the molecule is CC(C)(C)OC(=O)CNCc1cc(OS(=O)(=O)F)cc(C(=O)O)c1. The van der Waals surface area contributed by atoms with Crippen LogP contribution in [0.2, 0.25) is 0 Å². The maximum atomic E-state index is 12.6. The molecule has 0 spiro atoms. The number of carboxylic acids is 1. The number of aromatic carboxylic acids is 1. The average Bonchev–Trinajstić information content (AvgIpc) is 2.33. The van der Waals surface area contributed by atoms with Gasteiger partial charge in [0, 0.05) is 6.54 Å². The summed E-state index contributed by atoms with van der Waals surface area (Å²) in [5.41, 5.74) is -0.638. The molecule has 0 saturated heterocycles. The molecule has 8 nitrogen and oxygen atoms in total. The normalized spacial score (nSPS) is 11.8. The van der Waals surface area contributed by atoms with E-state index in [0.717, 1.165) is 12.1 Å². The zero-order valence-corrected chi connectivity index (χ0v) is 14.1. The Morgan fingerprint density at radius 1 is 1.25 bits per heavy atom. The summed E-state index contributed by atoms with van der Waals surface area (Å²) in [5, 5.41) is 11.7. The lowest BCUT2D eigenvalue weighted by Gasteiger charge is -2.19. The van der Waals surface area contributed by atoms with E-state index in [4.69, 9.17) is 9.84 Å². The molecule has 0 aromatic heterocycles. The topological polar surface area (TPSA) is 119 Å². The van der Waals surface area contributed by atoms with Crippen LogP contribution in [0.15, 0.2) is 18.2 Å². The Morgan fingerprint density at radius 2 is 1.88 bits per heavy atom. The molecule has 0 amide bonds. The molecule has 1 aromatic rings. The molecule has 0 aliphatic heterocycles. The van der Waals surface area contributed by atoms with Gasteiger partial charge >= 0.3 is 22.4 Å². The summed E-state index contributed by atoms with van der Waals surface area (Å²) in [5.74, 6) is -2.34. The molecule has 0 aliphatic carbocycles. The maximum absolute atomic E-state index is 12.6. The quantitative estimate of drug-likeness (QED) is 0.551. The van der Waals surface area contributed by atoms with Gasteiger partial charge in [0.1, 0.15) is 11.4 Å². The smallest absolute Gasteiger partial charge is 0.478 e. The molecule has 134 valence electrons. The molecule has 0 unspecified atom stereocenters. The molecule has 0 saturated carbocycles. The predicted octanol–water partition coefficient (Wildman–Crippen LogP) is 1.41. The number of carboxylic acid groups (broad SMARTS) is 1. The second kappa shape index (κ2) is 7.58. The van der Waals surface area contributed by atoms with Crippen molar-refractivity contribution in [1.29, 1.82) is 0 Å². The highest BCUT2D eigenvalue weighted by molar-refractivity contribution is 7.81. The van der Waals surface area contributed by atoms with Crippen molar-refractivity contribution in [3.63, 3.8) is 0 Å². The Kier molecular flexibility index (Phi) is 6.27. The van der Waals surface area contributed by atoms with Gasteiger partial charge in [-0.25, -0.2) is 4.79 Å². The van der Waals surface area contributed by atoms with E-state index in [0.29, 0.717) is 0 Å². The van der Waals surface area contributed by atoms with Gasteiger partial charge < -0.3 is 19.3 Å². The minimum atomic E-state index is -5.28. The average molecular weight is 363 g/mol. The van der Waals surface area contributed by atoms with Crippen molar-refractivity contribution in [3.05, 3.63) is 29.3 Å². The van der Waals surface area contributed by atoms with E-state index >= 15 is 0 Å². The third-order valence-corrected chi connectivity index (χ3v) is 2.82. The van der Waals surface area contributed by atoms with Crippen molar-refractivity contribution >= 4 is 22.4 Å². The van der Waals surface area contributed by atoms with Gasteiger partial charge in [-0.1, -0.05) is 3.89 Å². The van der Waals surface area contributed by atoms with E-state index in [-0.39, 0.29) is 24.2 Å². The van der Waals surface area contributed by atoms with Gasteiger partial charge in [0.25, 0.3) is 0 Å². The van der Waals surface area contributed by atoms with Gasteiger partial charge in [0.05, 0.1) is 12.1 Å². The Balaban J connectivity index is 2.80. The number of hydrogen-bond acceptors (Lipinski definition) is 7. The lowest BCUT2D eigenvalue weighted by molar-refractivity contribution is -0.153. The molecular formula is C14H18FNO7S. The molecule has 0 radical (unpaired) electrons. The minimum absolute atomic E-state index is 0.0169. The highest BCUT2D eigenvalue weighted by atomic mass is 32.3. The first-order chi connectivity index (χ1) is 10.9. The highest BCUT2D eigenvalue weighted by Gasteiger charge is 2.17. The van der Waals surface area contributed by atoms with Crippen LogP contribution < -0.4 is 9.50 Å². The second-order valence-corrected chi connectivity index (χ2v) is 6.79. The van der Waals surface area contributed by atoms with Crippen molar-refractivity contribution in [1.82, 2.24) is 5.32 Å². The van der Waals surface area contributed by atoms with Crippen LogP contribution in [-0.4, -0.2) is 37.6 Å². The van der Waals surface area contributed by atoms with Gasteiger partial charge in [-0.05, 0) is 44.5 Å². The van der Waals surface area contributed by atoms with Crippen LogP contribution in [0.1, 0.15) is 36.7 Å². The molecule has 1 aromatic carbocycles. The summed E-state index contributed by atoms with van der Waals surface area (Å²) in [4.78, 5) is 22.6. The van der Waals surface area contributed by atoms with Crippen LogP contribution in [0.4, 0.5) is 3.89 Å². The number of carbonyl (C=O) groups is 2. The number of carbonyl (C=O) groups excluding carboxylic acids is 1. The van der Waals surface area contributed by atoms with E-state index in [9.17, 15) is 21.9 Å². The van der Waals surface area contributed by atoms with Gasteiger partial charge in [0.15, 0.2) is 0 Å². The fourth-order valence-electron chi connectivity index (χ4n) is 1.74. The molecule has 2 N–H and O–H groups in total. The summed E-state index contributed by atoms with van der Waals surface area (Å²) < 4.78 is 42.7. The molecular weight excluding hydrogens is 345 g/mol. The first-order valence-corrected chi connectivity index (χ1v) is 8.10. The Hall–Kier alpha value is -2.20. The zero-order chi connectivity index (χ0) is 18.5. The molecule has 10 heteroatoms. The molecule has 0 heterocycles. The van der Waals surface area contributed by atoms with Crippen LogP contribution in [0.5, 0.6) is 5.75 Å². The van der Waals surface area contributed by atoms with Gasteiger partial charge in [-0.2, -0.15) is 8.42 Å². The number of rotatable bonds is 7. The van der Waals surface area contributed by atoms with Crippen LogP contribution >= 0.6 is 0 Å². The van der Waals surface area contributed by atoms with E-state index in [2.05, 4.69) is 9.50 Å². The predicted molar refractivity (Wildman–Crippen MR) is 81.6 cm³/mol. The van der Waals surface area contributed by atoms with Crippen LogP contribution in [-0.2, 0) is 26.6 Å². The van der Waals surface area contributed by atoms with Crippen LogP contribution in [0.3, 0.4) is 0 Å². The number of benzene rings is 1. The monoisotopic (exact) mass is 363 g/mol. The van der Waals surface area contributed by atoms with Crippen molar-refractivity contribution in [2.45, 2.75) is 32.9 Å². The molecule has 1 rings (SSSR count). The minimum Gasteiger partial charge on any atom is -0.478 e. The standard InChI is InChI=1S/C14H18FNO7S/c1-14(2,3)22-12(17)8-16-7-9-4-10(13(18)19)6-11(5-9)23-24(15,20)21/h4-6,16H,7-8H2,1-3H3,(H,18,19). The first-order valence-electron chi connectivity index (χ1n) is 6.79. The molecule has 0 aliphatic rings. The molecule has 0 fully saturated rings. The molecule has 0 bridgehead atoms. The van der Waals surface area contributed by atoms with Crippen LogP contribution in [0.25, 0.3) is 0 Å². The summed E-state index contributed by atoms with van der Waals surface area (Å²) in [6.45, 7) is 5.00. The first kappa shape index (κ1) is 19.8. The summed E-state index contributed by atoms with van der Waals surface area (Å²) in [6, 6.07) is 3.25. The largest absolute Gasteiger partial charge is 0.488 e. The molecule has 24 heavy (non-hydrogen) atoms. The van der Waals surface area contributed by atoms with Crippen LogP contribution in [0, 0.1) is 0 Å². The Morgan fingerprint density at radius 3 is 2.38 bits per heavy atom. The summed E-state index contributed by atoms with van der Waals surface area (Å²) >= 11 is 0. The Bertz CT molecular complexity index is 725. The van der Waals surface area contributed by atoms with Crippen molar-refractivity contribution in [2.24, 2.45) is 0 Å². The highest BCUT2D eigenvalue weighted by Crippen LogP contribution is 2.20. The fourth-order valence-corrected chi connectivity index (χ4v) is 2.06. The lowest BCUT2D eigenvalue weighted by atomic mass is 10.1. The van der Waals surface area contributed by atoms with Crippen molar-refractivity contribution in [3.8, 4) is 5.75 Å². The van der Waals surface area contributed by atoms with E-state index in [1.54, 1.807) is 20.8 Å². The lowest BCUT2D eigenvalue weighted by Crippen LogP contribution is -2.31. The zero-order valence-electron chi connectivity index (χ0n) is 13.3. The van der Waals surface area contributed by atoms with E-state index in [1.165, 1.54) is 6.07 Å². The van der Waals surface area contributed by atoms with E-state index < -0.39 is 33.8 Å². The fraction of sp³-hybridized carbons (Fsp3) is 0.429. The third kappa shape index (κ3) is 7.88.